The molecule has 0 amide bonds. The number of hydrogen-bond donors (Lipinski definition) is 1. The van der Waals surface area contributed by atoms with E-state index in [1.165, 1.54) is 12.3 Å². The molecule has 0 atom stereocenters. The van der Waals surface area contributed by atoms with Gasteiger partial charge in [-0.3, -0.25) is 14.7 Å². The van der Waals surface area contributed by atoms with Crippen LogP contribution in [0.5, 0.6) is 0 Å². The molecule has 0 saturated carbocycles. The molecule has 0 fully saturated rings. The lowest BCUT2D eigenvalue weighted by molar-refractivity contribution is 0.797. The van der Waals surface area contributed by atoms with E-state index >= 15 is 0 Å². The third-order valence-electron chi connectivity index (χ3n) is 1.95. The van der Waals surface area contributed by atoms with Crippen molar-refractivity contribution in [2.75, 3.05) is 0 Å². The summed E-state index contributed by atoms with van der Waals surface area (Å²) in [7, 11) is 0. The van der Waals surface area contributed by atoms with E-state index in [0.29, 0.717) is 10.7 Å². The second-order valence-electron chi connectivity index (χ2n) is 2.92. The first-order chi connectivity index (χ1) is 7.20. The topological polar surface area (TPSA) is 54.9 Å². The minimum atomic E-state index is -0.648. The highest BCUT2D eigenvalue weighted by Crippen LogP contribution is 2.16. The van der Waals surface area contributed by atoms with Crippen LogP contribution in [0, 0.1) is 0 Å². The number of halogens is 1. The van der Waals surface area contributed by atoms with Crippen molar-refractivity contribution < 1.29 is 0 Å². The van der Waals surface area contributed by atoms with Gasteiger partial charge in [-0.2, -0.15) is 0 Å². The van der Waals surface area contributed by atoms with Crippen LogP contribution < -0.4 is 11.0 Å². The van der Waals surface area contributed by atoms with Crippen LogP contribution in [0.1, 0.15) is 0 Å². The van der Waals surface area contributed by atoms with Gasteiger partial charge in [-0.05, 0) is 12.1 Å². The van der Waals surface area contributed by atoms with E-state index in [9.17, 15) is 9.59 Å². The number of benzene rings is 1. The molecule has 0 aliphatic heterocycles. The Labute approximate surface area is 89.7 Å². The van der Waals surface area contributed by atoms with Gasteiger partial charge < -0.3 is 0 Å². The molecule has 0 radical (unpaired) electrons. The fourth-order valence-electron chi connectivity index (χ4n) is 1.24. The van der Waals surface area contributed by atoms with Gasteiger partial charge >= 0.3 is 5.56 Å². The van der Waals surface area contributed by atoms with E-state index in [1.807, 2.05) is 0 Å². The van der Waals surface area contributed by atoms with Crippen molar-refractivity contribution in [3.05, 3.63) is 62.1 Å². The predicted molar refractivity (Wildman–Crippen MR) is 57.7 cm³/mol. The number of nitrogens with zero attached hydrogens (tertiary/aromatic N) is 1. The second kappa shape index (κ2) is 3.74. The first-order valence-corrected chi connectivity index (χ1v) is 4.63. The van der Waals surface area contributed by atoms with Crippen LogP contribution in [0.4, 0.5) is 0 Å². The molecule has 1 aromatic heterocycles. The van der Waals surface area contributed by atoms with Crippen LogP contribution in [-0.2, 0) is 0 Å². The Balaban J connectivity index is 2.76. The Morgan fingerprint density at radius 3 is 2.60 bits per heavy atom. The number of H-pyrrole nitrogens is 1. The highest BCUT2D eigenvalue weighted by atomic mass is 35.5. The standard InChI is InChI=1S/C10H7ClN2O2/c11-7-3-1-2-4-8(7)13-10(15)9(14)5-6-12-13/h1-6,12H. The van der Waals surface area contributed by atoms with Crippen molar-refractivity contribution in [1.29, 1.82) is 0 Å². The molecule has 2 rings (SSSR count). The molecule has 5 heteroatoms. The molecule has 0 aliphatic rings. The van der Waals surface area contributed by atoms with Crippen molar-refractivity contribution in [3.63, 3.8) is 0 Å². The highest BCUT2D eigenvalue weighted by molar-refractivity contribution is 6.32. The molecule has 0 saturated heterocycles. The Kier molecular flexibility index (Phi) is 2.43. The third kappa shape index (κ3) is 1.71. The Bertz CT molecular complexity index is 601. The van der Waals surface area contributed by atoms with E-state index in [-0.39, 0.29) is 0 Å². The molecule has 1 N–H and O–H groups in total. The summed E-state index contributed by atoms with van der Waals surface area (Å²) in [6.07, 6.45) is 1.40. The lowest BCUT2D eigenvalue weighted by atomic mass is 10.3. The second-order valence-corrected chi connectivity index (χ2v) is 3.33. The summed E-state index contributed by atoms with van der Waals surface area (Å²) in [6, 6.07) is 7.96. The van der Waals surface area contributed by atoms with Gasteiger partial charge in [-0.25, -0.2) is 4.68 Å². The molecule has 15 heavy (non-hydrogen) atoms. The van der Waals surface area contributed by atoms with E-state index in [0.717, 1.165) is 4.68 Å². The average molecular weight is 223 g/mol. The first-order valence-electron chi connectivity index (χ1n) is 4.26. The quantitative estimate of drug-likeness (QED) is 0.737. The molecule has 0 unspecified atom stereocenters. The summed E-state index contributed by atoms with van der Waals surface area (Å²) in [6.45, 7) is 0. The molecule has 1 heterocycles. The lowest BCUT2D eigenvalue weighted by Gasteiger charge is -2.05. The molecule has 0 bridgehead atoms. The summed E-state index contributed by atoms with van der Waals surface area (Å²) >= 11 is 5.90. The number of aromatic amines is 1. The molecular formula is C10H7ClN2O2. The molecule has 0 aliphatic carbocycles. The minimum absolute atomic E-state index is 0.404. The lowest BCUT2D eigenvalue weighted by Crippen LogP contribution is -2.33. The highest BCUT2D eigenvalue weighted by Gasteiger charge is 2.05. The summed E-state index contributed by atoms with van der Waals surface area (Å²) < 4.78 is 1.12. The maximum atomic E-state index is 11.5. The van der Waals surface area contributed by atoms with Gasteiger partial charge in [0.05, 0.1) is 10.7 Å². The van der Waals surface area contributed by atoms with Crippen LogP contribution in [0.3, 0.4) is 0 Å². The zero-order chi connectivity index (χ0) is 10.8. The van der Waals surface area contributed by atoms with Gasteiger partial charge in [0.1, 0.15) is 0 Å². The van der Waals surface area contributed by atoms with Crippen molar-refractivity contribution in [1.82, 2.24) is 9.78 Å². The molecule has 0 spiro atoms. The average Bonchev–Trinajstić information content (AvgIpc) is 2.23. The molecule has 1 aromatic carbocycles. The maximum absolute atomic E-state index is 11.5. The Hall–Kier alpha value is -1.81. The fraction of sp³-hybridized carbons (Fsp3) is 0. The normalized spacial score (nSPS) is 10.2. The van der Waals surface area contributed by atoms with E-state index < -0.39 is 11.0 Å². The number of para-hydroxylation sites is 1. The molecule has 4 nitrogen and oxygen atoms in total. The van der Waals surface area contributed by atoms with Crippen molar-refractivity contribution in [2.24, 2.45) is 0 Å². The Morgan fingerprint density at radius 2 is 1.87 bits per heavy atom. The summed E-state index contributed by atoms with van der Waals surface area (Å²) in [5.74, 6) is 0. The number of aromatic nitrogens is 2. The fourth-order valence-corrected chi connectivity index (χ4v) is 1.46. The Morgan fingerprint density at radius 1 is 1.13 bits per heavy atom. The largest absolute Gasteiger partial charge is 0.317 e. The van der Waals surface area contributed by atoms with Gasteiger partial charge in [0.15, 0.2) is 0 Å². The zero-order valence-corrected chi connectivity index (χ0v) is 8.36. The monoisotopic (exact) mass is 222 g/mol. The van der Waals surface area contributed by atoms with Gasteiger partial charge in [-0.15, -0.1) is 0 Å². The molecule has 76 valence electrons. The van der Waals surface area contributed by atoms with E-state index in [1.54, 1.807) is 24.3 Å². The van der Waals surface area contributed by atoms with Crippen LogP contribution in [-0.4, -0.2) is 9.78 Å². The van der Waals surface area contributed by atoms with Crippen molar-refractivity contribution in [2.45, 2.75) is 0 Å². The predicted octanol–water partition coefficient (Wildman–Crippen LogP) is 1.18. The van der Waals surface area contributed by atoms with E-state index in [4.69, 9.17) is 11.6 Å². The first kappa shape index (κ1) is 9.73. The van der Waals surface area contributed by atoms with Crippen molar-refractivity contribution in [3.8, 4) is 5.69 Å². The molecule has 2 aromatic rings. The van der Waals surface area contributed by atoms with Crippen LogP contribution in [0.15, 0.2) is 46.1 Å². The SMILES string of the molecule is O=c1cc[nH]n(-c2ccccc2Cl)c1=O. The van der Waals surface area contributed by atoms with Crippen LogP contribution in [0.25, 0.3) is 5.69 Å². The maximum Gasteiger partial charge on any atom is 0.317 e. The molecular weight excluding hydrogens is 216 g/mol. The van der Waals surface area contributed by atoms with Gasteiger partial charge in [0.25, 0.3) is 0 Å². The van der Waals surface area contributed by atoms with Gasteiger partial charge in [-0.1, -0.05) is 23.7 Å². The van der Waals surface area contributed by atoms with E-state index in [2.05, 4.69) is 5.10 Å². The van der Waals surface area contributed by atoms with Crippen molar-refractivity contribution >= 4 is 11.6 Å². The number of rotatable bonds is 1. The summed E-state index contributed by atoms with van der Waals surface area (Å²) in [5.41, 5.74) is -0.763. The number of nitrogens with one attached hydrogen (secondary N) is 1. The summed E-state index contributed by atoms with van der Waals surface area (Å²) in [4.78, 5) is 22.6. The summed E-state index contributed by atoms with van der Waals surface area (Å²) in [5, 5.41) is 3.06. The van der Waals surface area contributed by atoms with Crippen LogP contribution >= 0.6 is 11.6 Å². The van der Waals surface area contributed by atoms with Crippen LogP contribution in [0.2, 0.25) is 5.02 Å². The zero-order valence-electron chi connectivity index (χ0n) is 7.61. The smallest absolute Gasteiger partial charge is 0.298 e. The minimum Gasteiger partial charge on any atom is -0.298 e. The van der Waals surface area contributed by atoms with Gasteiger partial charge in [0.2, 0.25) is 5.43 Å². The third-order valence-corrected chi connectivity index (χ3v) is 2.27. The number of hydrogen-bond acceptors (Lipinski definition) is 2. The van der Waals surface area contributed by atoms with Gasteiger partial charge in [0, 0.05) is 12.3 Å².